The van der Waals surface area contributed by atoms with Gasteiger partial charge in [0.2, 0.25) is 0 Å². The minimum atomic E-state index is -0.187. The van der Waals surface area contributed by atoms with Crippen molar-refractivity contribution in [3.63, 3.8) is 0 Å². The second-order valence-electron chi connectivity index (χ2n) is 6.14. The number of aryl methyl sites for hydroxylation is 2. The lowest BCUT2D eigenvalue weighted by molar-refractivity contribution is 0.700. The Morgan fingerprint density at radius 1 is 1.31 bits per heavy atom. The van der Waals surface area contributed by atoms with Gasteiger partial charge in [-0.15, -0.1) is 11.3 Å². The first kappa shape index (κ1) is 17.3. The Morgan fingerprint density at radius 2 is 2.12 bits per heavy atom. The van der Waals surface area contributed by atoms with E-state index in [0.717, 1.165) is 31.2 Å². The van der Waals surface area contributed by atoms with Crippen LogP contribution in [0.1, 0.15) is 34.7 Å². The van der Waals surface area contributed by atoms with E-state index < -0.39 is 0 Å². The Labute approximate surface area is 163 Å². The van der Waals surface area contributed by atoms with Crippen LogP contribution in [-0.4, -0.2) is 9.97 Å². The van der Waals surface area contributed by atoms with Gasteiger partial charge in [0.25, 0.3) is 5.56 Å². The molecule has 4 nitrogen and oxygen atoms in total. The normalized spacial score (nSPS) is 14.3. The number of thiophene rings is 1. The zero-order valence-electron chi connectivity index (χ0n) is 13.6. The highest BCUT2D eigenvalue weighted by Gasteiger charge is 2.20. The van der Waals surface area contributed by atoms with Crippen molar-refractivity contribution in [2.75, 3.05) is 0 Å². The van der Waals surface area contributed by atoms with Crippen LogP contribution in [0.2, 0.25) is 10.0 Å². The van der Waals surface area contributed by atoms with E-state index in [1.165, 1.54) is 4.88 Å². The van der Waals surface area contributed by atoms with Gasteiger partial charge in [-0.2, -0.15) is 5.26 Å². The van der Waals surface area contributed by atoms with Crippen LogP contribution in [0.25, 0.3) is 21.9 Å². The molecule has 0 spiro atoms. The number of benzene rings is 1. The van der Waals surface area contributed by atoms with Gasteiger partial charge in [0.05, 0.1) is 11.0 Å². The van der Waals surface area contributed by atoms with E-state index in [2.05, 4.69) is 16.0 Å². The number of rotatable bonds is 2. The van der Waals surface area contributed by atoms with Crippen LogP contribution in [0, 0.1) is 11.3 Å². The average Bonchev–Trinajstić information content (AvgIpc) is 3.00. The molecule has 0 unspecified atom stereocenters. The fraction of sp³-hybridized carbons (Fsp3) is 0.211. The van der Waals surface area contributed by atoms with Crippen LogP contribution in [0.5, 0.6) is 0 Å². The molecule has 3 aromatic rings. The van der Waals surface area contributed by atoms with E-state index in [1.807, 2.05) is 0 Å². The van der Waals surface area contributed by atoms with E-state index in [0.29, 0.717) is 25.8 Å². The summed E-state index contributed by atoms with van der Waals surface area (Å²) in [7, 11) is 0. The van der Waals surface area contributed by atoms with Gasteiger partial charge in [0.1, 0.15) is 10.9 Å². The molecule has 0 fully saturated rings. The Bertz CT molecular complexity index is 1150. The first-order valence-corrected chi connectivity index (χ1v) is 9.76. The van der Waals surface area contributed by atoms with Crippen LogP contribution in [0.15, 0.2) is 23.0 Å². The van der Waals surface area contributed by atoms with Gasteiger partial charge in [-0.3, -0.25) is 4.79 Å². The number of hydrogen-bond acceptors (Lipinski definition) is 4. The number of aromatic nitrogens is 2. The highest BCUT2D eigenvalue weighted by Crippen LogP contribution is 2.34. The lowest BCUT2D eigenvalue weighted by atomic mass is 9.97. The summed E-state index contributed by atoms with van der Waals surface area (Å²) in [5, 5.41) is 11.2. The number of fused-ring (bicyclic) bond motifs is 3. The lowest BCUT2D eigenvalue weighted by Crippen LogP contribution is -2.12. The quantitative estimate of drug-likeness (QED) is 0.597. The minimum Gasteiger partial charge on any atom is -0.305 e. The molecule has 1 N–H and O–H groups in total. The summed E-state index contributed by atoms with van der Waals surface area (Å²) in [6.45, 7) is 0. The van der Waals surface area contributed by atoms with Crippen molar-refractivity contribution in [3.8, 4) is 6.07 Å². The Kier molecular flexibility index (Phi) is 4.58. The summed E-state index contributed by atoms with van der Waals surface area (Å²) in [6, 6.07) is 7.13. The Hall–Kier alpha value is -2.13. The zero-order valence-corrected chi connectivity index (χ0v) is 15.9. The van der Waals surface area contributed by atoms with Gasteiger partial charge in [0, 0.05) is 14.9 Å². The van der Waals surface area contributed by atoms with Gasteiger partial charge in [-0.05, 0) is 55.0 Å². The van der Waals surface area contributed by atoms with Crippen LogP contribution in [0.3, 0.4) is 0 Å². The maximum Gasteiger partial charge on any atom is 0.260 e. The van der Waals surface area contributed by atoms with Gasteiger partial charge in [-0.25, -0.2) is 4.98 Å². The third-order valence-corrected chi connectivity index (χ3v) is 6.21. The molecule has 0 aliphatic heterocycles. The number of nitrogens with zero attached hydrogens (tertiary/aromatic N) is 2. The van der Waals surface area contributed by atoms with Crippen molar-refractivity contribution < 1.29 is 0 Å². The molecule has 2 aromatic heterocycles. The molecule has 1 aliphatic rings. The maximum absolute atomic E-state index is 12.6. The first-order valence-electron chi connectivity index (χ1n) is 8.18. The van der Waals surface area contributed by atoms with Gasteiger partial charge < -0.3 is 4.98 Å². The number of H-pyrrole nitrogens is 1. The van der Waals surface area contributed by atoms with Crippen molar-refractivity contribution in [3.05, 3.63) is 60.4 Å². The number of nitrogens with one attached hydrogen (secondary N) is 1. The molecule has 130 valence electrons. The van der Waals surface area contributed by atoms with Crippen LogP contribution < -0.4 is 5.56 Å². The third kappa shape index (κ3) is 3.05. The number of halogens is 2. The number of hydrogen-bond donors (Lipinski definition) is 1. The van der Waals surface area contributed by atoms with Crippen LogP contribution >= 0.6 is 34.5 Å². The molecule has 0 atom stereocenters. The second kappa shape index (κ2) is 6.88. The second-order valence-corrected chi connectivity index (χ2v) is 8.07. The molecule has 0 radical (unpaired) electrons. The first-order chi connectivity index (χ1) is 12.6. The number of aromatic amines is 1. The third-order valence-electron chi connectivity index (χ3n) is 4.46. The predicted octanol–water partition coefficient (Wildman–Crippen LogP) is 5.23. The number of nitriles is 1. The van der Waals surface area contributed by atoms with Crippen LogP contribution in [-0.2, 0) is 12.8 Å². The molecule has 0 bridgehead atoms. The molecule has 0 amide bonds. The van der Waals surface area contributed by atoms with E-state index in [-0.39, 0.29) is 17.0 Å². The van der Waals surface area contributed by atoms with Crippen molar-refractivity contribution >= 4 is 56.4 Å². The highest BCUT2D eigenvalue weighted by atomic mass is 35.5. The van der Waals surface area contributed by atoms with Crippen LogP contribution in [0.4, 0.5) is 0 Å². The van der Waals surface area contributed by atoms with Gasteiger partial charge in [-0.1, -0.05) is 29.3 Å². The maximum atomic E-state index is 12.6. The van der Waals surface area contributed by atoms with Crippen molar-refractivity contribution in [1.82, 2.24) is 9.97 Å². The number of allylic oxidation sites excluding steroid dienone is 1. The van der Waals surface area contributed by atoms with E-state index in [1.54, 1.807) is 35.6 Å². The van der Waals surface area contributed by atoms with E-state index >= 15 is 0 Å². The Morgan fingerprint density at radius 3 is 2.88 bits per heavy atom. The smallest absolute Gasteiger partial charge is 0.260 e. The molecule has 1 aromatic carbocycles. The monoisotopic (exact) mass is 401 g/mol. The van der Waals surface area contributed by atoms with Crippen molar-refractivity contribution in [1.29, 1.82) is 5.26 Å². The average molecular weight is 402 g/mol. The highest BCUT2D eigenvalue weighted by molar-refractivity contribution is 7.18. The van der Waals surface area contributed by atoms with Crippen molar-refractivity contribution in [2.24, 2.45) is 0 Å². The molecule has 1 aliphatic carbocycles. The van der Waals surface area contributed by atoms with Gasteiger partial charge in [0.15, 0.2) is 5.82 Å². The zero-order chi connectivity index (χ0) is 18.3. The fourth-order valence-electron chi connectivity index (χ4n) is 3.22. The van der Waals surface area contributed by atoms with E-state index in [4.69, 9.17) is 23.2 Å². The molecular formula is C19H13Cl2N3OS. The molecule has 2 heterocycles. The minimum absolute atomic E-state index is 0.187. The summed E-state index contributed by atoms with van der Waals surface area (Å²) in [5.74, 6) is 0.259. The largest absolute Gasteiger partial charge is 0.305 e. The molecule has 0 saturated heterocycles. The van der Waals surface area contributed by atoms with Gasteiger partial charge >= 0.3 is 0 Å². The summed E-state index contributed by atoms with van der Waals surface area (Å²) in [5.41, 5.74) is 1.83. The molecule has 0 saturated carbocycles. The molecule has 7 heteroatoms. The summed E-state index contributed by atoms with van der Waals surface area (Å²) < 4.78 is 0. The Balaban J connectivity index is 1.86. The molecular weight excluding hydrogens is 389 g/mol. The van der Waals surface area contributed by atoms with E-state index in [9.17, 15) is 10.1 Å². The van der Waals surface area contributed by atoms with Crippen molar-refractivity contribution in [2.45, 2.75) is 25.7 Å². The molecule has 26 heavy (non-hydrogen) atoms. The summed E-state index contributed by atoms with van der Waals surface area (Å²) in [6.07, 6.45) is 5.75. The topological polar surface area (TPSA) is 69.5 Å². The molecule has 4 rings (SSSR count). The summed E-state index contributed by atoms with van der Waals surface area (Å²) in [4.78, 5) is 21.9. The standard InChI is InChI=1S/C19H13Cl2N3OS/c20-12-6-5-10(14(21)8-12)7-11(9-22)17-23-18(25)16-13-3-1-2-4-15(13)26-19(16)24-17/h5-8H,1-4H2,(H,23,24,25)/b11-7+. The lowest BCUT2D eigenvalue weighted by Gasteiger charge is -2.09. The summed E-state index contributed by atoms with van der Waals surface area (Å²) >= 11 is 13.7. The predicted molar refractivity (Wildman–Crippen MR) is 107 cm³/mol. The fourth-order valence-corrected chi connectivity index (χ4v) is 4.94. The SMILES string of the molecule is N#C/C(=C\c1ccc(Cl)cc1Cl)c1nc2sc3c(c2c(=O)[nH]1)CCCC3.